The summed E-state index contributed by atoms with van der Waals surface area (Å²) in [5.74, 6) is -1.56. The number of nitrogens with zero attached hydrogens (tertiary/aromatic N) is 1. The van der Waals surface area contributed by atoms with Crippen molar-refractivity contribution >= 4 is 11.8 Å². The van der Waals surface area contributed by atoms with E-state index in [0.717, 1.165) is 0 Å². The van der Waals surface area contributed by atoms with E-state index in [4.69, 9.17) is 24.4 Å². The van der Waals surface area contributed by atoms with Crippen molar-refractivity contribution in [3.63, 3.8) is 0 Å². The Bertz CT molecular complexity index is 827. The van der Waals surface area contributed by atoms with Crippen LogP contribution in [0.3, 0.4) is 0 Å². The van der Waals surface area contributed by atoms with Gasteiger partial charge in [0.25, 0.3) is 11.8 Å². The zero-order valence-corrected chi connectivity index (χ0v) is 15.6. The molecule has 0 aliphatic heterocycles. The molecule has 1 aromatic heterocycles. The van der Waals surface area contributed by atoms with Crippen LogP contribution in [-0.2, 0) is 11.3 Å². The van der Waals surface area contributed by atoms with Crippen molar-refractivity contribution in [1.82, 2.24) is 4.90 Å². The number of rotatable bonds is 9. The van der Waals surface area contributed by atoms with E-state index < -0.39 is 37.7 Å². The van der Waals surface area contributed by atoms with Gasteiger partial charge < -0.3 is 29.3 Å². The second kappa shape index (κ2) is 9.22. The molecule has 0 radical (unpaired) electrons. The first-order chi connectivity index (χ1) is 13.6. The van der Waals surface area contributed by atoms with Crippen LogP contribution in [0.4, 0.5) is 13.2 Å². The predicted octanol–water partition coefficient (Wildman–Crippen LogP) is 2.37. The molecule has 11 heteroatoms. The van der Waals surface area contributed by atoms with Gasteiger partial charge in [-0.2, -0.15) is 13.2 Å². The zero-order chi connectivity index (χ0) is 21.6. The third-order valence-corrected chi connectivity index (χ3v) is 3.65. The van der Waals surface area contributed by atoms with Crippen LogP contribution in [0.15, 0.2) is 34.9 Å². The molecule has 0 aliphatic rings. The van der Waals surface area contributed by atoms with Crippen LogP contribution >= 0.6 is 0 Å². The summed E-state index contributed by atoms with van der Waals surface area (Å²) >= 11 is 0. The second-order valence-corrected chi connectivity index (χ2v) is 5.82. The number of methoxy groups -OCH3 is 2. The molecule has 0 fully saturated rings. The highest BCUT2D eigenvalue weighted by molar-refractivity contribution is 5.95. The number of halogens is 3. The molecule has 2 N–H and O–H groups in total. The molecule has 158 valence electrons. The maximum absolute atomic E-state index is 13.0. The van der Waals surface area contributed by atoms with Gasteiger partial charge in [0.15, 0.2) is 18.1 Å². The number of carbonyl (C=O) groups excluding carboxylic acids is 2. The second-order valence-electron chi connectivity index (χ2n) is 5.82. The van der Waals surface area contributed by atoms with E-state index in [2.05, 4.69) is 0 Å². The Labute approximate surface area is 163 Å². The lowest BCUT2D eigenvalue weighted by molar-refractivity contribution is -0.142. The highest BCUT2D eigenvalue weighted by Gasteiger charge is 2.34. The molecule has 0 spiro atoms. The minimum atomic E-state index is -4.62. The van der Waals surface area contributed by atoms with Crippen LogP contribution in [0.25, 0.3) is 0 Å². The lowest BCUT2D eigenvalue weighted by Crippen LogP contribution is -2.38. The summed E-state index contributed by atoms with van der Waals surface area (Å²) < 4.78 is 59.6. The van der Waals surface area contributed by atoms with Crippen molar-refractivity contribution in [2.75, 3.05) is 27.4 Å². The third kappa shape index (κ3) is 6.06. The number of nitrogens with two attached hydrogens (primary N) is 1. The van der Waals surface area contributed by atoms with Crippen LogP contribution in [0, 0.1) is 0 Å². The van der Waals surface area contributed by atoms with Gasteiger partial charge in [-0.25, -0.2) is 0 Å². The third-order valence-electron chi connectivity index (χ3n) is 3.65. The molecule has 0 unspecified atom stereocenters. The quantitative estimate of drug-likeness (QED) is 0.673. The Balaban J connectivity index is 2.40. The van der Waals surface area contributed by atoms with E-state index >= 15 is 0 Å². The van der Waals surface area contributed by atoms with Gasteiger partial charge in [0.1, 0.15) is 12.3 Å². The van der Waals surface area contributed by atoms with E-state index in [-0.39, 0.29) is 28.6 Å². The fraction of sp³-hybridized carbons (Fsp3) is 0.333. The largest absolute Gasteiger partial charge is 0.493 e. The Morgan fingerprint density at radius 1 is 1.17 bits per heavy atom. The monoisotopic (exact) mass is 416 g/mol. The van der Waals surface area contributed by atoms with E-state index in [9.17, 15) is 22.8 Å². The van der Waals surface area contributed by atoms with E-state index in [1.807, 2.05) is 0 Å². The van der Waals surface area contributed by atoms with Crippen LogP contribution in [0.2, 0.25) is 0 Å². The summed E-state index contributed by atoms with van der Waals surface area (Å²) in [6.45, 7) is -2.37. The number of carbonyl (C=O) groups is 2. The van der Waals surface area contributed by atoms with Crippen molar-refractivity contribution < 1.29 is 41.4 Å². The molecule has 0 saturated heterocycles. The van der Waals surface area contributed by atoms with Gasteiger partial charge in [-0.3, -0.25) is 9.59 Å². The number of amides is 2. The molecule has 0 bridgehead atoms. The van der Waals surface area contributed by atoms with Gasteiger partial charge in [-0.15, -0.1) is 0 Å². The maximum Gasteiger partial charge on any atom is 0.406 e. The zero-order valence-electron chi connectivity index (χ0n) is 15.6. The van der Waals surface area contributed by atoms with Crippen LogP contribution < -0.4 is 19.9 Å². The Hall–Kier alpha value is -3.37. The number of primary amides is 1. The first-order valence-corrected chi connectivity index (χ1v) is 8.20. The summed E-state index contributed by atoms with van der Waals surface area (Å²) in [5, 5.41) is 0. The lowest BCUT2D eigenvalue weighted by Gasteiger charge is -2.24. The maximum atomic E-state index is 13.0. The molecular formula is C18H19F3N2O6. The normalized spacial score (nSPS) is 11.1. The van der Waals surface area contributed by atoms with Gasteiger partial charge in [-0.05, 0) is 24.3 Å². The van der Waals surface area contributed by atoms with E-state index in [1.165, 1.54) is 44.7 Å². The fourth-order valence-electron chi connectivity index (χ4n) is 2.48. The number of benzene rings is 1. The van der Waals surface area contributed by atoms with Crippen molar-refractivity contribution in [3.8, 4) is 17.2 Å². The summed E-state index contributed by atoms with van der Waals surface area (Å²) in [4.78, 5) is 24.4. The lowest BCUT2D eigenvalue weighted by atomic mass is 10.1. The summed E-state index contributed by atoms with van der Waals surface area (Å²) in [6, 6.07) is 5.33. The molecule has 0 saturated carbocycles. The molecule has 2 aromatic rings. The average Bonchev–Trinajstić information content (AvgIpc) is 3.16. The molecular weight excluding hydrogens is 397 g/mol. The Morgan fingerprint density at radius 3 is 2.24 bits per heavy atom. The number of furan rings is 1. The van der Waals surface area contributed by atoms with Gasteiger partial charge >= 0.3 is 6.18 Å². The smallest absolute Gasteiger partial charge is 0.406 e. The summed E-state index contributed by atoms with van der Waals surface area (Å²) in [6.07, 6.45) is -3.33. The number of ether oxygens (including phenoxy) is 3. The standard InChI is InChI=1S/C18H19F3N2O6/c1-26-13-6-11(7-14(27-2)16(13)29-9-15(22)24)17(25)23(10-18(19,20)21)8-12-4-3-5-28-12/h3-7H,8-10H2,1-2H3,(H2,22,24). The molecule has 2 rings (SSSR count). The van der Waals surface area contributed by atoms with Crippen molar-refractivity contribution in [1.29, 1.82) is 0 Å². The predicted molar refractivity (Wildman–Crippen MR) is 93.7 cm³/mol. The van der Waals surface area contributed by atoms with Gasteiger partial charge in [0.2, 0.25) is 5.75 Å². The average molecular weight is 416 g/mol. The topological polar surface area (TPSA) is 104 Å². The van der Waals surface area contributed by atoms with Gasteiger partial charge in [0, 0.05) is 5.56 Å². The van der Waals surface area contributed by atoms with Crippen molar-refractivity contribution in [2.45, 2.75) is 12.7 Å². The fourth-order valence-corrected chi connectivity index (χ4v) is 2.48. The SMILES string of the molecule is COc1cc(C(=O)N(Cc2ccco2)CC(F)(F)F)cc(OC)c1OCC(N)=O. The minimum absolute atomic E-state index is 0.0149. The van der Waals surface area contributed by atoms with Gasteiger partial charge in [-0.1, -0.05) is 0 Å². The van der Waals surface area contributed by atoms with Crippen LogP contribution in [0.1, 0.15) is 16.1 Å². The highest BCUT2D eigenvalue weighted by atomic mass is 19.4. The number of alkyl halides is 3. The molecule has 8 nitrogen and oxygen atoms in total. The number of hydrogen-bond donors (Lipinski definition) is 1. The molecule has 0 atom stereocenters. The molecule has 1 heterocycles. The van der Waals surface area contributed by atoms with Crippen LogP contribution in [0.5, 0.6) is 17.2 Å². The number of hydrogen-bond acceptors (Lipinski definition) is 6. The summed E-state index contributed by atoms with van der Waals surface area (Å²) in [7, 11) is 2.52. The Kier molecular flexibility index (Phi) is 6.97. The minimum Gasteiger partial charge on any atom is -0.493 e. The molecule has 0 aliphatic carbocycles. The highest BCUT2D eigenvalue weighted by Crippen LogP contribution is 2.39. The van der Waals surface area contributed by atoms with Crippen molar-refractivity contribution in [2.24, 2.45) is 5.73 Å². The van der Waals surface area contributed by atoms with Crippen LogP contribution in [-0.4, -0.2) is 50.3 Å². The molecule has 2 amide bonds. The first kappa shape index (κ1) is 21.9. The first-order valence-electron chi connectivity index (χ1n) is 8.20. The molecule has 29 heavy (non-hydrogen) atoms. The Morgan fingerprint density at radius 2 is 1.79 bits per heavy atom. The van der Waals surface area contributed by atoms with Gasteiger partial charge in [0.05, 0.1) is 27.0 Å². The summed E-state index contributed by atoms with van der Waals surface area (Å²) in [5.41, 5.74) is 4.90. The van der Waals surface area contributed by atoms with Crippen molar-refractivity contribution in [3.05, 3.63) is 41.9 Å². The van der Waals surface area contributed by atoms with E-state index in [1.54, 1.807) is 0 Å². The van der Waals surface area contributed by atoms with E-state index in [0.29, 0.717) is 4.90 Å². The molecule has 1 aromatic carbocycles.